The molecule has 1 rings (SSSR count). The van der Waals surface area contributed by atoms with Gasteiger partial charge < -0.3 is 10.6 Å². The van der Waals surface area contributed by atoms with Crippen molar-refractivity contribution in [3.05, 3.63) is 0 Å². The molecule has 1 saturated heterocycles. The maximum atomic E-state index is 3.71. The minimum Gasteiger partial charge on any atom is -0.314 e. The molecule has 0 aromatic heterocycles. The molecule has 2 N–H and O–H groups in total. The maximum absolute atomic E-state index is 3.71. The van der Waals surface area contributed by atoms with Crippen LogP contribution in [0.25, 0.3) is 0 Å². The smallest absolute Gasteiger partial charge is 0.00817 e. The van der Waals surface area contributed by atoms with Crippen LogP contribution in [0.2, 0.25) is 0 Å². The van der Waals surface area contributed by atoms with Gasteiger partial charge in [-0.2, -0.15) is 0 Å². The molecule has 1 fully saturated rings. The highest BCUT2D eigenvalue weighted by molar-refractivity contribution is 4.78. The molecular weight excluding hydrogens is 196 g/mol. The lowest BCUT2D eigenvalue weighted by Crippen LogP contribution is -2.42. The quantitative estimate of drug-likeness (QED) is 0.753. The highest BCUT2D eigenvalue weighted by atomic mass is 15.0. The molecule has 2 heteroatoms. The summed E-state index contributed by atoms with van der Waals surface area (Å²) in [7, 11) is 0. The van der Waals surface area contributed by atoms with E-state index in [0.29, 0.717) is 12.1 Å². The van der Waals surface area contributed by atoms with Crippen molar-refractivity contribution in [3.8, 4) is 0 Å². The Morgan fingerprint density at radius 1 is 1.12 bits per heavy atom. The van der Waals surface area contributed by atoms with E-state index in [-0.39, 0.29) is 0 Å². The number of rotatable bonds is 5. The minimum atomic E-state index is 0.626. The van der Waals surface area contributed by atoms with Gasteiger partial charge in [-0.15, -0.1) is 0 Å². The fourth-order valence-electron chi connectivity index (χ4n) is 2.44. The van der Waals surface area contributed by atoms with Gasteiger partial charge in [-0.25, -0.2) is 0 Å². The Hall–Kier alpha value is -0.0800. The number of nitrogens with one attached hydrogen (secondary N) is 2. The molecular formula is C14H30N2. The molecule has 0 aromatic rings. The van der Waals surface area contributed by atoms with Crippen LogP contribution in [0.3, 0.4) is 0 Å². The summed E-state index contributed by atoms with van der Waals surface area (Å²) >= 11 is 0. The number of hydrogen-bond donors (Lipinski definition) is 2. The first-order valence-electron chi connectivity index (χ1n) is 7.09. The lowest BCUT2D eigenvalue weighted by atomic mass is 10.0. The molecule has 0 bridgehead atoms. The van der Waals surface area contributed by atoms with Crippen LogP contribution >= 0.6 is 0 Å². The highest BCUT2D eigenvalue weighted by Crippen LogP contribution is 2.13. The highest BCUT2D eigenvalue weighted by Gasteiger charge is 2.16. The summed E-state index contributed by atoms with van der Waals surface area (Å²) in [5.41, 5.74) is 0. The van der Waals surface area contributed by atoms with E-state index in [9.17, 15) is 0 Å². The van der Waals surface area contributed by atoms with Gasteiger partial charge in [0.1, 0.15) is 0 Å². The molecule has 0 spiro atoms. The molecule has 0 aromatic carbocycles. The Balaban J connectivity index is 2.23. The van der Waals surface area contributed by atoms with E-state index in [1.54, 1.807) is 0 Å². The summed E-state index contributed by atoms with van der Waals surface area (Å²) in [6.45, 7) is 10.4. The third-order valence-corrected chi connectivity index (χ3v) is 3.85. The molecule has 2 nitrogen and oxygen atoms in total. The summed E-state index contributed by atoms with van der Waals surface area (Å²) in [5.74, 6) is 0.726. The lowest BCUT2D eigenvalue weighted by molar-refractivity contribution is 0.339. The van der Waals surface area contributed by atoms with Gasteiger partial charge in [-0.1, -0.05) is 26.7 Å². The Kier molecular flexibility index (Phi) is 6.37. The molecule has 3 unspecified atom stereocenters. The summed E-state index contributed by atoms with van der Waals surface area (Å²) in [5, 5.41) is 7.38. The molecule has 3 atom stereocenters. The van der Waals surface area contributed by atoms with Gasteiger partial charge in [-0.05, 0) is 45.6 Å². The van der Waals surface area contributed by atoms with E-state index in [1.165, 1.54) is 38.6 Å². The van der Waals surface area contributed by atoms with Gasteiger partial charge >= 0.3 is 0 Å². The van der Waals surface area contributed by atoms with Crippen LogP contribution in [-0.2, 0) is 0 Å². The minimum absolute atomic E-state index is 0.626. The van der Waals surface area contributed by atoms with Crippen LogP contribution in [0.4, 0.5) is 0 Å². The first-order valence-corrected chi connectivity index (χ1v) is 7.09. The zero-order valence-electron chi connectivity index (χ0n) is 11.6. The van der Waals surface area contributed by atoms with E-state index in [1.807, 2.05) is 0 Å². The Bertz CT molecular complexity index is 172. The van der Waals surface area contributed by atoms with Gasteiger partial charge in [0, 0.05) is 18.1 Å². The lowest BCUT2D eigenvalue weighted by Gasteiger charge is -2.26. The van der Waals surface area contributed by atoms with Crippen molar-refractivity contribution in [3.63, 3.8) is 0 Å². The topological polar surface area (TPSA) is 24.1 Å². The number of hydrogen-bond acceptors (Lipinski definition) is 2. The van der Waals surface area contributed by atoms with Crippen LogP contribution < -0.4 is 10.6 Å². The van der Waals surface area contributed by atoms with Gasteiger partial charge in [0.25, 0.3) is 0 Å². The molecule has 0 aliphatic carbocycles. The molecule has 1 aliphatic heterocycles. The third-order valence-electron chi connectivity index (χ3n) is 3.85. The van der Waals surface area contributed by atoms with Crippen molar-refractivity contribution in [2.45, 2.75) is 77.9 Å². The average molecular weight is 226 g/mol. The Morgan fingerprint density at radius 2 is 1.88 bits per heavy atom. The van der Waals surface area contributed by atoms with E-state index in [2.05, 4.69) is 38.3 Å². The Morgan fingerprint density at radius 3 is 2.56 bits per heavy atom. The SMILES string of the molecule is CC(CC1CCCCCN1)NC(C)C(C)C. The molecule has 16 heavy (non-hydrogen) atoms. The van der Waals surface area contributed by atoms with Crippen LogP contribution in [0.5, 0.6) is 0 Å². The second-order valence-electron chi connectivity index (χ2n) is 5.84. The zero-order valence-corrected chi connectivity index (χ0v) is 11.6. The zero-order chi connectivity index (χ0) is 12.0. The maximum Gasteiger partial charge on any atom is 0.00817 e. The predicted octanol–water partition coefficient (Wildman–Crippen LogP) is 2.93. The average Bonchev–Trinajstić information content (AvgIpc) is 2.45. The normalized spacial score (nSPS) is 26.4. The van der Waals surface area contributed by atoms with E-state index < -0.39 is 0 Å². The molecule has 1 aliphatic rings. The predicted molar refractivity (Wildman–Crippen MR) is 71.8 cm³/mol. The van der Waals surface area contributed by atoms with Crippen molar-refractivity contribution in [1.82, 2.24) is 10.6 Å². The van der Waals surface area contributed by atoms with Crippen molar-refractivity contribution >= 4 is 0 Å². The standard InChI is InChI=1S/C14H30N2/c1-11(2)13(4)16-12(3)10-14-8-6-5-7-9-15-14/h11-16H,5-10H2,1-4H3. The van der Waals surface area contributed by atoms with Crippen molar-refractivity contribution < 1.29 is 0 Å². The summed E-state index contributed by atoms with van der Waals surface area (Å²) in [4.78, 5) is 0. The van der Waals surface area contributed by atoms with Crippen molar-refractivity contribution in [1.29, 1.82) is 0 Å². The van der Waals surface area contributed by atoms with Crippen molar-refractivity contribution in [2.24, 2.45) is 5.92 Å². The fraction of sp³-hybridized carbons (Fsp3) is 1.00. The van der Waals surface area contributed by atoms with Gasteiger partial charge in [0.05, 0.1) is 0 Å². The fourth-order valence-corrected chi connectivity index (χ4v) is 2.44. The molecule has 0 saturated carbocycles. The monoisotopic (exact) mass is 226 g/mol. The largest absolute Gasteiger partial charge is 0.314 e. The molecule has 96 valence electrons. The van der Waals surface area contributed by atoms with Crippen LogP contribution in [0.15, 0.2) is 0 Å². The van der Waals surface area contributed by atoms with E-state index in [0.717, 1.165) is 12.0 Å². The van der Waals surface area contributed by atoms with Crippen LogP contribution in [-0.4, -0.2) is 24.7 Å². The first kappa shape index (κ1) is 14.0. The first-order chi connectivity index (χ1) is 7.59. The van der Waals surface area contributed by atoms with Gasteiger partial charge in [0.2, 0.25) is 0 Å². The van der Waals surface area contributed by atoms with E-state index >= 15 is 0 Å². The summed E-state index contributed by atoms with van der Waals surface area (Å²) in [6.07, 6.45) is 6.82. The Labute approximate surface area is 102 Å². The summed E-state index contributed by atoms with van der Waals surface area (Å²) < 4.78 is 0. The van der Waals surface area contributed by atoms with Crippen LogP contribution in [0, 0.1) is 5.92 Å². The van der Waals surface area contributed by atoms with Gasteiger partial charge in [0.15, 0.2) is 0 Å². The van der Waals surface area contributed by atoms with Crippen molar-refractivity contribution in [2.75, 3.05) is 6.54 Å². The van der Waals surface area contributed by atoms with Gasteiger partial charge in [-0.3, -0.25) is 0 Å². The molecule has 1 heterocycles. The van der Waals surface area contributed by atoms with Crippen LogP contribution in [0.1, 0.15) is 59.8 Å². The third kappa shape index (κ3) is 5.31. The second kappa shape index (κ2) is 7.29. The second-order valence-corrected chi connectivity index (χ2v) is 5.84. The summed E-state index contributed by atoms with van der Waals surface area (Å²) in [6, 6.07) is 2.00. The molecule has 0 radical (unpaired) electrons. The van der Waals surface area contributed by atoms with E-state index in [4.69, 9.17) is 0 Å². The molecule has 0 amide bonds.